The monoisotopic (exact) mass is 386 g/mol. The van der Waals surface area contributed by atoms with Crippen LogP contribution >= 0.6 is 0 Å². The third kappa shape index (κ3) is 6.46. The molecule has 1 rings (SSSR count). The van der Waals surface area contributed by atoms with Gasteiger partial charge in [0.1, 0.15) is 0 Å². The summed E-state index contributed by atoms with van der Waals surface area (Å²) in [5.41, 5.74) is 0. The maximum absolute atomic E-state index is 13.1. The van der Waals surface area contributed by atoms with E-state index in [1.807, 2.05) is 27.7 Å². The first-order chi connectivity index (χ1) is 12.9. The lowest BCUT2D eigenvalue weighted by Crippen LogP contribution is -2.57. The topological polar surface area (TPSA) is 96.4 Å². The number of carboxylic acids is 1. The number of ether oxygens (including phenoxy) is 2. The number of rotatable bonds is 11. The minimum atomic E-state index is -1.53. The fourth-order valence-corrected chi connectivity index (χ4v) is 3.26. The van der Waals surface area contributed by atoms with E-state index in [0.717, 1.165) is 25.7 Å². The van der Waals surface area contributed by atoms with Crippen LogP contribution in [0, 0.1) is 5.92 Å². The molecule has 2 amide bonds. The largest absolute Gasteiger partial charge is 0.477 e. The van der Waals surface area contributed by atoms with Crippen molar-refractivity contribution in [1.29, 1.82) is 0 Å². The molecule has 0 aromatic heterocycles. The molecular formula is C19H34N2O6. The second-order valence-corrected chi connectivity index (χ2v) is 6.82. The smallest absolute Gasteiger partial charge is 0.361 e. The molecule has 8 nitrogen and oxygen atoms in total. The molecule has 1 N–H and O–H groups in total. The lowest BCUT2D eigenvalue weighted by molar-refractivity contribution is -0.241. The summed E-state index contributed by atoms with van der Waals surface area (Å²) in [7, 11) is 0. The molecule has 0 saturated carbocycles. The zero-order valence-corrected chi connectivity index (χ0v) is 17.0. The van der Waals surface area contributed by atoms with E-state index in [4.69, 9.17) is 9.47 Å². The van der Waals surface area contributed by atoms with Crippen LogP contribution in [0.2, 0.25) is 0 Å². The molecule has 1 aliphatic heterocycles. The van der Waals surface area contributed by atoms with Crippen molar-refractivity contribution in [2.75, 3.05) is 32.8 Å². The van der Waals surface area contributed by atoms with E-state index >= 15 is 0 Å². The van der Waals surface area contributed by atoms with Gasteiger partial charge < -0.3 is 24.4 Å². The number of aliphatic carboxylic acids is 1. The van der Waals surface area contributed by atoms with Gasteiger partial charge in [0.2, 0.25) is 5.91 Å². The molecule has 27 heavy (non-hydrogen) atoms. The number of hydrogen-bond acceptors (Lipinski definition) is 5. The lowest BCUT2D eigenvalue weighted by atomic mass is 9.98. The van der Waals surface area contributed by atoms with Gasteiger partial charge in [-0.15, -0.1) is 0 Å². The molecule has 0 aliphatic carbocycles. The first kappa shape index (κ1) is 23.4. The zero-order valence-electron chi connectivity index (χ0n) is 17.0. The number of amides is 2. The summed E-state index contributed by atoms with van der Waals surface area (Å²) < 4.78 is 10.7. The number of carbonyl (C=O) groups excluding carboxylic acids is 2. The predicted molar refractivity (Wildman–Crippen MR) is 100 cm³/mol. The maximum atomic E-state index is 13.1. The fourth-order valence-electron chi connectivity index (χ4n) is 3.26. The fraction of sp³-hybridized carbons (Fsp3) is 0.842. The Morgan fingerprint density at radius 1 is 0.852 bits per heavy atom. The summed E-state index contributed by atoms with van der Waals surface area (Å²) in [6.07, 6.45) is 0.477. The standard InChI is InChI=1S/C19H34N2O6/c1-5-9-20(10-6-2)16(22)14-13-26-19(18(24)25)27-15(14)17(23)21(11-7-3)12-8-4/h14-15,19H,5-13H2,1-4H3,(H,24,25). The van der Waals surface area contributed by atoms with Crippen molar-refractivity contribution in [1.82, 2.24) is 9.80 Å². The van der Waals surface area contributed by atoms with Crippen LogP contribution in [0.15, 0.2) is 0 Å². The minimum Gasteiger partial charge on any atom is -0.477 e. The Labute approximate surface area is 161 Å². The van der Waals surface area contributed by atoms with E-state index in [9.17, 15) is 19.5 Å². The van der Waals surface area contributed by atoms with Crippen LogP contribution in [0.5, 0.6) is 0 Å². The van der Waals surface area contributed by atoms with Crippen LogP contribution in [-0.4, -0.2) is 77.9 Å². The third-order valence-electron chi connectivity index (χ3n) is 4.42. The van der Waals surface area contributed by atoms with Crippen LogP contribution < -0.4 is 0 Å². The number of carboxylic acid groups (broad SMARTS) is 1. The van der Waals surface area contributed by atoms with Crippen molar-refractivity contribution >= 4 is 17.8 Å². The van der Waals surface area contributed by atoms with Crippen molar-refractivity contribution in [3.05, 3.63) is 0 Å². The van der Waals surface area contributed by atoms with Crippen LogP contribution in [0.25, 0.3) is 0 Å². The van der Waals surface area contributed by atoms with Crippen LogP contribution in [0.1, 0.15) is 53.4 Å². The zero-order chi connectivity index (χ0) is 20.4. The second kappa shape index (κ2) is 11.9. The Kier molecular flexibility index (Phi) is 10.3. The molecular weight excluding hydrogens is 352 g/mol. The second-order valence-electron chi connectivity index (χ2n) is 6.82. The number of hydrogen-bond donors (Lipinski definition) is 1. The van der Waals surface area contributed by atoms with Gasteiger partial charge in [-0.05, 0) is 25.7 Å². The van der Waals surface area contributed by atoms with E-state index in [1.165, 1.54) is 0 Å². The Morgan fingerprint density at radius 2 is 1.30 bits per heavy atom. The molecule has 1 aliphatic rings. The van der Waals surface area contributed by atoms with Gasteiger partial charge in [-0.3, -0.25) is 9.59 Å². The first-order valence-corrected chi connectivity index (χ1v) is 9.98. The van der Waals surface area contributed by atoms with Gasteiger partial charge >= 0.3 is 5.97 Å². The number of nitrogens with zero attached hydrogens (tertiary/aromatic N) is 2. The summed E-state index contributed by atoms with van der Waals surface area (Å²) in [4.78, 5) is 40.8. The molecule has 3 unspecified atom stereocenters. The van der Waals surface area contributed by atoms with Crippen molar-refractivity contribution < 1.29 is 29.0 Å². The molecule has 1 fully saturated rings. The van der Waals surface area contributed by atoms with E-state index in [1.54, 1.807) is 9.80 Å². The molecule has 3 atom stereocenters. The molecule has 1 heterocycles. The molecule has 0 spiro atoms. The summed E-state index contributed by atoms with van der Waals surface area (Å²) >= 11 is 0. The first-order valence-electron chi connectivity index (χ1n) is 9.98. The van der Waals surface area contributed by atoms with Gasteiger partial charge in [0.15, 0.2) is 6.10 Å². The van der Waals surface area contributed by atoms with Gasteiger partial charge in [0.25, 0.3) is 12.2 Å². The molecule has 0 aromatic carbocycles. The van der Waals surface area contributed by atoms with E-state index in [2.05, 4.69) is 0 Å². The Balaban J connectivity index is 3.09. The Bertz CT molecular complexity index is 487. The van der Waals surface area contributed by atoms with Gasteiger partial charge in [0.05, 0.1) is 12.5 Å². The van der Waals surface area contributed by atoms with E-state index in [-0.39, 0.29) is 18.4 Å². The summed E-state index contributed by atoms with van der Waals surface area (Å²) in [6.45, 7) is 10.0. The van der Waals surface area contributed by atoms with Crippen LogP contribution in [0.4, 0.5) is 0 Å². The van der Waals surface area contributed by atoms with E-state index in [0.29, 0.717) is 26.2 Å². The van der Waals surface area contributed by atoms with E-state index < -0.39 is 24.3 Å². The average molecular weight is 386 g/mol. The van der Waals surface area contributed by atoms with Crippen LogP contribution in [0.3, 0.4) is 0 Å². The third-order valence-corrected chi connectivity index (χ3v) is 4.42. The van der Waals surface area contributed by atoms with Crippen molar-refractivity contribution in [2.24, 2.45) is 5.92 Å². The highest BCUT2D eigenvalue weighted by Gasteiger charge is 2.45. The summed E-state index contributed by atoms with van der Waals surface area (Å²) in [5.74, 6) is -2.68. The quantitative estimate of drug-likeness (QED) is 0.581. The predicted octanol–water partition coefficient (Wildman–Crippen LogP) is 1.73. The summed E-state index contributed by atoms with van der Waals surface area (Å²) in [5, 5.41) is 9.22. The Hall–Kier alpha value is -1.67. The average Bonchev–Trinajstić information content (AvgIpc) is 2.66. The van der Waals surface area contributed by atoms with Crippen molar-refractivity contribution in [3.63, 3.8) is 0 Å². The highest BCUT2D eigenvalue weighted by Crippen LogP contribution is 2.24. The molecule has 1 saturated heterocycles. The SMILES string of the molecule is CCCN(CCC)C(=O)C1COC(C(=O)O)OC1C(=O)N(CCC)CCC. The highest BCUT2D eigenvalue weighted by atomic mass is 16.7. The van der Waals surface area contributed by atoms with Gasteiger partial charge in [0, 0.05) is 26.2 Å². The highest BCUT2D eigenvalue weighted by molar-refractivity contribution is 5.90. The van der Waals surface area contributed by atoms with Gasteiger partial charge in [-0.2, -0.15) is 0 Å². The molecule has 0 aromatic rings. The van der Waals surface area contributed by atoms with Crippen molar-refractivity contribution in [3.8, 4) is 0 Å². The van der Waals surface area contributed by atoms with Crippen LogP contribution in [-0.2, 0) is 23.9 Å². The Morgan fingerprint density at radius 3 is 1.70 bits per heavy atom. The maximum Gasteiger partial charge on any atom is 0.361 e. The molecule has 8 heteroatoms. The molecule has 156 valence electrons. The van der Waals surface area contributed by atoms with Crippen molar-refractivity contribution in [2.45, 2.75) is 65.8 Å². The normalized spacial score (nSPS) is 22.3. The molecule has 0 bridgehead atoms. The van der Waals surface area contributed by atoms with Gasteiger partial charge in [-0.1, -0.05) is 27.7 Å². The van der Waals surface area contributed by atoms with Gasteiger partial charge in [-0.25, -0.2) is 4.79 Å². The minimum absolute atomic E-state index is 0.137. The molecule has 0 radical (unpaired) electrons. The lowest BCUT2D eigenvalue weighted by Gasteiger charge is -2.38. The summed E-state index contributed by atoms with van der Waals surface area (Å²) in [6, 6.07) is 0. The number of carbonyl (C=O) groups is 3.